The summed E-state index contributed by atoms with van der Waals surface area (Å²) in [6, 6.07) is 9.89. The Labute approximate surface area is 160 Å². The zero-order valence-corrected chi connectivity index (χ0v) is 15.4. The summed E-state index contributed by atoms with van der Waals surface area (Å²) in [7, 11) is 0. The van der Waals surface area contributed by atoms with Crippen molar-refractivity contribution in [1.82, 2.24) is 4.90 Å². The van der Waals surface area contributed by atoms with Gasteiger partial charge < -0.3 is 15.3 Å². The minimum Gasteiger partial charge on any atom is -0.480 e. The van der Waals surface area contributed by atoms with Crippen molar-refractivity contribution < 1.29 is 14.7 Å². The highest BCUT2D eigenvalue weighted by Gasteiger charge is 2.26. The van der Waals surface area contributed by atoms with Crippen molar-refractivity contribution in [2.75, 3.05) is 5.32 Å². The third kappa shape index (κ3) is 5.01. The van der Waals surface area contributed by atoms with E-state index in [-0.39, 0.29) is 11.6 Å². The number of urea groups is 1. The van der Waals surface area contributed by atoms with Crippen molar-refractivity contribution in [1.29, 1.82) is 0 Å². The van der Waals surface area contributed by atoms with E-state index >= 15 is 0 Å². The van der Waals surface area contributed by atoms with Crippen LogP contribution in [0.2, 0.25) is 15.1 Å². The molecule has 0 saturated heterocycles. The Bertz CT molecular complexity index is 798. The van der Waals surface area contributed by atoms with Crippen LogP contribution in [0.4, 0.5) is 10.5 Å². The first-order chi connectivity index (χ1) is 11.8. The van der Waals surface area contributed by atoms with Crippen LogP contribution in [0.5, 0.6) is 0 Å². The van der Waals surface area contributed by atoms with Crippen molar-refractivity contribution in [3.8, 4) is 0 Å². The third-order valence-electron chi connectivity index (χ3n) is 3.56. The molecular formula is C17H15Cl3N2O3. The second kappa shape index (κ2) is 8.43. The number of nitrogens with zero attached hydrogens (tertiary/aromatic N) is 1. The van der Waals surface area contributed by atoms with E-state index in [9.17, 15) is 14.7 Å². The molecule has 1 unspecified atom stereocenters. The van der Waals surface area contributed by atoms with Crippen LogP contribution in [-0.4, -0.2) is 28.0 Å². The van der Waals surface area contributed by atoms with Gasteiger partial charge in [-0.15, -0.1) is 0 Å². The van der Waals surface area contributed by atoms with Crippen molar-refractivity contribution in [2.45, 2.75) is 19.5 Å². The van der Waals surface area contributed by atoms with Gasteiger partial charge in [0.1, 0.15) is 6.04 Å². The summed E-state index contributed by atoms with van der Waals surface area (Å²) in [5.41, 5.74) is 1.04. The number of benzene rings is 2. The zero-order chi connectivity index (χ0) is 18.6. The number of carbonyl (C=O) groups excluding carboxylic acids is 1. The number of carboxylic acid groups (broad SMARTS) is 1. The summed E-state index contributed by atoms with van der Waals surface area (Å²) in [6.07, 6.45) is 0. The fourth-order valence-corrected chi connectivity index (χ4v) is 2.59. The predicted molar refractivity (Wildman–Crippen MR) is 99.6 cm³/mol. The number of anilines is 1. The second-order valence-electron chi connectivity index (χ2n) is 5.29. The van der Waals surface area contributed by atoms with Crippen molar-refractivity contribution in [3.63, 3.8) is 0 Å². The molecule has 0 saturated carbocycles. The summed E-state index contributed by atoms with van der Waals surface area (Å²) in [5, 5.41) is 13.0. The monoisotopic (exact) mass is 400 g/mol. The number of nitrogens with one attached hydrogen (secondary N) is 1. The lowest BCUT2D eigenvalue weighted by Gasteiger charge is -2.27. The van der Waals surface area contributed by atoms with Crippen molar-refractivity contribution in [3.05, 3.63) is 63.1 Å². The number of hydrogen-bond donors (Lipinski definition) is 2. The maximum Gasteiger partial charge on any atom is 0.326 e. The van der Waals surface area contributed by atoms with Crippen LogP contribution in [-0.2, 0) is 11.3 Å². The Morgan fingerprint density at radius 3 is 2.36 bits per heavy atom. The highest BCUT2D eigenvalue weighted by Crippen LogP contribution is 2.26. The maximum atomic E-state index is 12.6. The van der Waals surface area contributed by atoms with E-state index in [0.29, 0.717) is 21.3 Å². The fraction of sp³-hybridized carbons (Fsp3) is 0.176. The number of carboxylic acids is 1. The van der Waals surface area contributed by atoms with Crippen LogP contribution >= 0.6 is 34.8 Å². The van der Waals surface area contributed by atoms with Gasteiger partial charge in [-0.2, -0.15) is 0 Å². The lowest BCUT2D eigenvalue weighted by Crippen LogP contribution is -2.45. The maximum absolute atomic E-state index is 12.6. The van der Waals surface area contributed by atoms with Crippen LogP contribution in [0, 0.1) is 0 Å². The topological polar surface area (TPSA) is 69.6 Å². The molecule has 0 bridgehead atoms. The summed E-state index contributed by atoms with van der Waals surface area (Å²) in [6.45, 7) is 1.47. The Morgan fingerprint density at radius 2 is 1.76 bits per heavy atom. The second-order valence-corrected chi connectivity index (χ2v) is 6.51. The molecule has 0 aromatic heterocycles. The molecule has 0 fully saturated rings. The van der Waals surface area contributed by atoms with Crippen LogP contribution in [0.15, 0.2) is 42.5 Å². The highest BCUT2D eigenvalue weighted by molar-refractivity contribution is 6.42. The molecule has 0 spiro atoms. The normalized spacial score (nSPS) is 11.7. The number of rotatable bonds is 5. The summed E-state index contributed by atoms with van der Waals surface area (Å²) >= 11 is 17.9. The lowest BCUT2D eigenvalue weighted by atomic mass is 10.2. The van der Waals surface area contributed by atoms with Crippen LogP contribution in [0.1, 0.15) is 12.5 Å². The van der Waals surface area contributed by atoms with E-state index in [2.05, 4.69) is 5.32 Å². The summed E-state index contributed by atoms with van der Waals surface area (Å²) < 4.78 is 0. The molecule has 2 aromatic rings. The third-order valence-corrected chi connectivity index (χ3v) is 4.66. The molecule has 2 rings (SSSR count). The Hall–Kier alpha value is -1.95. The van der Waals surface area contributed by atoms with E-state index in [0.717, 1.165) is 0 Å². The Morgan fingerprint density at radius 1 is 1.08 bits per heavy atom. The molecule has 2 aromatic carbocycles. The highest BCUT2D eigenvalue weighted by atomic mass is 35.5. The molecule has 1 atom stereocenters. The van der Waals surface area contributed by atoms with E-state index in [4.69, 9.17) is 34.8 Å². The van der Waals surface area contributed by atoms with Crippen LogP contribution < -0.4 is 5.32 Å². The van der Waals surface area contributed by atoms with Gasteiger partial charge in [-0.05, 0) is 36.8 Å². The molecule has 8 heteroatoms. The first-order valence-electron chi connectivity index (χ1n) is 7.28. The van der Waals surface area contributed by atoms with Crippen LogP contribution in [0.25, 0.3) is 0 Å². The molecule has 132 valence electrons. The van der Waals surface area contributed by atoms with E-state index in [1.165, 1.54) is 17.9 Å². The Kier molecular flexibility index (Phi) is 6.53. The minimum absolute atomic E-state index is 0.0420. The van der Waals surface area contributed by atoms with E-state index in [1.54, 1.807) is 36.4 Å². The minimum atomic E-state index is -1.13. The molecule has 0 aliphatic heterocycles. The largest absolute Gasteiger partial charge is 0.480 e. The van der Waals surface area contributed by atoms with Gasteiger partial charge in [-0.1, -0.05) is 53.0 Å². The first kappa shape index (κ1) is 19.4. The van der Waals surface area contributed by atoms with Gasteiger partial charge >= 0.3 is 12.0 Å². The molecule has 0 heterocycles. The predicted octanol–water partition coefficient (Wildman–Crippen LogP) is 5.15. The molecular weight excluding hydrogens is 387 g/mol. The molecule has 5 nitrogen and oxygen atoms in total. The van der Waals surface area contributed by atoms with E-state index < -0.39 is 18.0 Å². The summed E-state index contributed by atoms with van der Waals surface area (Å²) in [4.78, 5) is 25.2. The van der Waals surface area contributed by atoms with Gasteiger partial charge in [0.2, 0.25) is 0 Å². The molecule has 2 amide bonds. The summed E-state index contributed by atoms with van der Waals surface area (Å²) in [5.74, 6) is -1.13. The lowest BCUT2D eigenvalue weighted by molar-refractivity contribution is -0.141. The van der Waals surface area contributed by atoms with Gasteiger partial charge in [0.05, 0.1) is 10.0 Å². The standard InChI is InChI=1S/C17H15Cl3N2O3/c1-10(16(23)24)22(9-11-4-2-3-5-13(11)18)17(25)21-12-6-7-14(19)15(20)8-12/h2-8,10H,9H2,1H3,(H,21,25)(H,23,24). The number of amides is 2. The van der Waals surface area contributed by atoms with Crippen molar-refractivity contribution >= 4 is 52.5 Å². The molecule has 2 N–H and O–H groups in total. The van der Waals surface area contributed by atoms with Crippen molar-refractivity contribution in [2.24, 2.45) is 0 Å². The van der Waals surface area contributed by atoms with Gasteiger partial charge in [0, 0.05) is 17.3 Å². The molecule has 0 radical (unpaired) electrons. The van der Waals surface area contributed by atoms with Gasteiger partial charge in [-0.3, -0.25) is 0 Å². The average molecular weight is 402 g/mol. The van der Waals surface area contributed by atoms with Crippen LogP contribution in [0.3, 0.4) is 0 Å². The molecule has 0 aliphatic rings. The number of hydrogen-bond acceptors (Lipinski definition) is 2. The number of halogens is 3. The smallest absolute Gasteiger partial charge is 0.326 e. The van der Waals surface area contributed by atoms with E-state index in [1.807, 2.05) is 0 Å². The fourth-order valence-electron chi connectivity index (χ4n) is 2.10. The quantitative estimate of drug-likeness (QED) is 0.727. The van der Waals surface area contributed by atoms with Gasteiger partial charge in [-0.25, -0.2) is 9.59 Å². The molecule has 25 heavy (non-hydrogen) atoms. The average Bonchev–Trinajstić information content (AvgIpc) is 2.56. The zero-order valence-electron chi connectivity index (χ0n) is 13.2. The number of carbonyl (C=O) groups is 2. The molecule has 0 aliphatic carbocycles. The van der Waals surface area contributed by atoms with Gasteiger partial charge in [0.25, 0.3) is 0 Å². The first-order valence-corrected chi connectivity index (χ1v) is 8.42. The SMILES string of the molecule is CC(C(=O)O)N(Cc1ccccc1Cl)C(=O)Nc1ccc(Cl)c(Cl)c1. The Balaban J connectivity index is 2.25. The number of aliphatic carboxylic acids is 1. The van der Waals surface area contributed by atoms with Gasteiger partial charge in [0.15, 0.2) is 0 Å².